The Kier molecular flexibility index (Phi) is 5.19. The quantitative estimate of drug-likeness (QED) is 0.825. The fourth-order valence-electron chi connectivity index (χ4n) is 3.98. The normalized spacial score (nSPS) is 22.9. The van der Waals surface area contributed by atoms with Gasteiger partial charge in [0.25, 0.3) is 0 Å². The van der Waals surface area contributed by atoms with Gasteiger partial charge in [0.1, 0.15) is 5.82 Å². The summed E-state index contributed by atoms with van der Waals surface area (Å²) in [7, 11) is 1.99. The molecule has 1 aromatic heterocycles. The highest BCUT2D eigenvalue weighted by Gasteiger charge is 2.37. The first kappa shape index (κ1) is 18.4. The van der Waals surface area contributed by atoms with Crippen LogP contribution in [0.5, 0.6) is 0 Å². The van der Waals surface area contributed by atoms with E-state index in [1.165, 1.54) is 6.07 Å². The predicted molar refractivity (Wildman–Crippen MR) is 102 cm³/mol. The van der Waals surface area contributed by atoms with Gasteiger partial charge in [0.15, 0.2) is 0 Å². The highest BCUT2D eigenvalue weighted by Crippen LogP contribution is 2.34. The van der Waals surface area contributed by atoms with E-state index in [9.17, 15) is 9.18 Å². The topological polar surface area (TPSA) is 50.2 Å². The van der Waals surface area contributed by atoms with Crippen LogP contribution >= 0.6 is 11.6 Å². The van der Waals surface area contributed by atoms with E-state index >= 15 is 0 Å². The largest absolute Gasteiger partial charge is 0.356 e. The lowest BCUT2D eigenvalue weighted by Gasteiger charge is -2.19. The second kappa shape index (κ2) is 7.60. The number of imidazole rings is 1. The van der Waals surface area contributed by atoms with E-state index in [0.29, 0.717) is 23.7 Å². The molecule has 1 aromatic carbocycles. The summed E-state index contributed by atoms with van der Waals surface area (Å²) < 4.78 is 16.2. The molecule has 27 heavy (non-hydrogen) atoms. The Morgan fingerprint density at radius 3 is 2.89 bits per heavy atom. The van der Waals surface area contributed by atoms with Gasteiger partial charge in [-0.1, -0.05) is 11.6 Å². The van der Waals surface area contributed by atoms with Gasteiger partial charge in [-0.3, -0.25) is 9.69 Å². The summed E-state index contributed by atoms with van der Waals surface area (Å²) in [5.41, 5.74) is 1.75. The Labute approximate surface area is 163 Å². The zero-order valence-electron chi connectivity index (χ0n) is 15.4. The number of rotatable bonds is 6. The van der Waals surface area contributed by atoms with Gasteiger partial charge in [-0.15, -0.1) is 0 Å². The van der Waals surface area contributed by atoms with Crippen molar-refractivity contribution in [3.05, 3.63) is 52.8 Å². The van der Waals surface area contributed by atoms with E-state index in [-0.39, 0.29) is 29.5 Å². The molecular formula is C20H24ClFN4O. The lowest BCUT2D eigenvalue weighted by molar-refractivity contribution is -0.122. The number of carbonyl (C=O) groups is 1. The molecule has 2 heterocycles. The molecular weight excluding hydrogens is 367 g/mol. The smallest absolute Gasteiger partial charge is 0.223 e. The van der Waals surface area contributed by atoms with Gasteiger partial charge in [0, 0.05) is 67.5 Å². The minimum atomic E-state index is -0.234. The number of aromatic nitrogens is 2. The Morgan fingerprint density at radius 2 is 2.19 bits per heavy atom. The van der Waals surface area contributed by atoms with Crippen molar-refractivity contribution in [1.29, 1.82) is 0 Å². The van der Waals surface area contributed by atoms with Gasteiger partial charge in [-0.2, -0.15) is 0 Å². The third-order valence-electron chi connectivity index (χ3n) is 5.64. The summed E-state index contributed by atoms with van der Waals surface area (Å²) in [5.74, 6) is 0.655. The second-order valence-electron chi connectivity index (χ2n) is 7.75. The van der Waals surface area contributed by atoms with Crippen LogP contribution in [-0.2, 0) is 18.4 Å². The number of nitrogens with zero attached hydrogens (tertiary/aromatic N) is 3. The van der Waals surface area contributed by atoms with Gasteiger partial charge in [-0.25, -0.2) is 9.37 Å². The van der Waals surface area contributed by atoms with Gasteiger partial charge in [0.2, 0.25) is 5.91 Å². The van der Waals surface area contributed by atoms with Crippen LogP contribution in [-0.4, -0.2) is 40.0 Å². The number of nitrogens with one attached hydrogen (secondary N) is 1. The third kappa shape index (κ3) is 4.17. The van der Waals surface area contributed by atoms with Crippen molar-refractivity contribution in [3.8, 4) is 0 Å². The summed E-state index contributed by atoms with van der Waals surface area (Å²) in [6, 6.07) is 4.68. The number of benzene rings is 1. The molecule has 1 saturated carbocycles. The van der Waals surface area contributed by atoms with Crippen LogP contribution in [0.1, 0.15) is 30.0 Å². The predicted octanol–water partition coefficient (Wildman–Crippen LogP) is 2.95. The van der Waals surface area contributed by atoms with Crippen molar-refractivity contribution in [3.63, 3.8) is 0 Å². The fraction of sp³-hybridized carbons (Fsp3) is 0.500. The van der Waals surface area contributed by atoms with Crippen molar-refractivity contribution in [2.75, 3.05) is 19.6 Å². The number of carbonyl (C=O) groups excluding carboxylic acids is 1. The first-order chi connectivity index (χ1) is 13.0. The molecule has 2 aliphatic rings. The van der Waals surface area contributed by atoms with Crippen LogP contribution < -0.4 is 5.32 Å². The van der Waals surface area contributed by atoms with Crippen molar-refractivity contribution in [2.24, 2.45) is 18.9 Å². The summed E-state index contributed by atoms with van der Waals surface area (Å²) >= 11 is 6.04. The van der Waals surface area contributed by atoms with Gasteiger partial charge < -0.3 is 9.88 Å². The minimum absolute atomic E-state index is 0.165. The molecule has 0 spiro atoms. The number of likely N-dealkylation sites (tertiary alicyclic amines) is 1. The van der Waals surface area contributed by atoms with Gasteiger partial charge in [0.05, 0.1) is 6.33 Å². The molecule has 7 heteroatoms. The molecule has 1 aliphatic carbocycles. The molecule has 0 unspecified atom stereocenters. The Bertz CT molecular complexity index is 835. The summed E-state index contributed by atoms with van der Waals surface area (Å²) in [5, 5.41) is 3.66. The van der Waals surface area contributed by atoms with E-state index < -0.39 is 0 Å². The van der Waals surface area contributed by atoms with Gasteiger partial charge in [-0.05, 0) is 37.0 Å². The molecule has 2 aromatic rings. The summed E-state index contributed by atoms with van der Waals surface area (Å²) in [4.78, 5) is 18.6. The van der Waals surface area contributed by atoms with Crippen LogP contribution in [0, 0.1) is 17.7 Å². The summed E-state index contributed by atoms with van der Waals surface area (Å²) in [6.07, 6.45) is 5.70. The molecule has 0 bridgehead atoms. The lowest BCUT2D eigenvalue weighted by atomic mass is 9.93. The molecule has 5 nitrogen and oxygen atoms in total. The first-order valence-corrected chi connectivity index (χ1v) is 9.79. The number of amides is 1. The molecule has 4 rings (SSSR count). The van der Waals surface area contributed by atoms with Gasteiger partial charge >= 0.3 is 0 Å². The Morgan fingerprint density at radius 1 is 1.37 bits per heavy atom. The van der Waals surface area contributed by atoms with Crippen LogP contribution in [0.3, 0.4) is 0 Å². The van der Waals surface area contributed by atoms with Crippen LogP contribution in [0.4, 0.5) is 4.39 Å². The minimum Gasteiger partial charge on any atom is -0.356 e. The first-order valence-electron chi connectivity index (χ1n) is 9.41. The maximum absolute atomic E-state index is 14.1. The van der Waals surface area contributed by atoms with Crippen molar-refractivity contribution >= 4 is 17.5 Å². The number of halogens is 2. The molecule has 2 fully saturated rings. The molecule has 2 atom stereocenters. The average molecular weight is 391 g/mol. The SMILES string of the molecule is Cn1cncc1[C@@H]1CN(Cc2cc(Cl)ccc2F)C[C@H]1CNC(=O)C1CC1. The third-order valence-corrected chi connectivity index (χ3v) is 5.87. The number of hydrogen-bond acceptors (Lipinski definition) is 3. The molecule has 1 saturated heterocycles. The highest BCUT2D eigenvalue weighted by atomic mass is 35.5. The molecule has 1 N–H and O–H groups in total. The Balaban J connectivity index is 1.48. The van der Waals surface area contributed by atoms with Crippen molar-refractivity contribution in [1.82, 2.24) is 19.8 Å². The lowest BCUT2D eigenvalue weighted by Crippen LogP contribution is -2.33. The van der Waals surface area contributed by atoms with Crippen LogP contribution in [0.2, 0.25) is 5.02 Å². The van der Waals surface area contributed by atoms with E-state index in [4.69, 9.17) is 11.6 Å². The average Bonchev–Trinajstić information content (AvgIpc) is 3.30. The number of aryl methyl sites for hydroxylation is 1. The Hall–Kier alpha value is -1.92. The molecule has 144 valence electrons. The van der Waals surface area contributed by atoms with E-state index in [2.05, 4.69) is 15.2 Å². The van der Waals surface area contributed by atoms with E-state index in [1.54, 1.807) is 18.5 Å². The second-order valence-corrected chi connectivity index (χ2v) is 8.18. The van der Waals surface area contributed by atoms with E-state index in [1.807, 2.05) is 17.8 Å². The fourth-order valence-corrected chi connectivity index (χ4v) is 4.18. The molecule has 1 amide bonds. The van der Waals surface area contributed by atoms with Crippen molar-refractivity contribution < 1.29 is 9.18 Å². The summed E-state index contributed by atoms with van der Waals surface area (Å²) in [6.45, 7) is 2.75. The number of hydrogen-bond donors (Lipinski definition) is 1. The van der Waals surface area contributed by atoms with Crippen LogP contribution in [0.15, 0.2) is 30.7 Å². The molecule has 0 radical (unpaired) electrons. The maximum Gasteiger partial charge on any atom is 0.223 e. The van der Waals surface area contributed by atoms with E-state index in [0.717, 1.165) is 31.6 Å². The zero-order valence-corrected chi connectivity index (χ0v) is 16.1. The standard InChI is InChI=1S/C20H24ClFN4O/c1-25-12-23-8-19(25)17-11-26(9-14-6-16(21)4-5-18(14)22)10-15(17)7-24-20(27)13-2-3-13/h4-6,8,12-13,15,17H,2-3,7,9-11H2,1H3,(H,24,27)/t15-,17-/m1/s1. The van der Waals surface area contributed by atoms with Crippen molar-refractivity contribution in [2.45, 2.75) is 25.3 Å². The highest BCUT2D eigenvalue weighted by molar-refractivity contribution is 6.30. The molecule has 1 aliphatic heterocycles. The zero-order chi connectivity index (χ0) is 19.0. The van der Waals surface area contributed by atoms with Crippen LogP contribution in [0.25, 0.3) is 0 Å². The monoisotopic (exact) mass is 390 g/mol. The maximum atomic E-state index is 14.1.